The van der Waals surface area contributed by atoms with Gasteiger partial charge in [0.1, 0.15) is 0 Å². The minimum Gasteiger partial charge on any atom is -0.274 e. The van der Waals surface area contributed by atoms with Gasteiger partial charge in [-0.25, -0.2) is 4.98 Å². The van der Waals surface area contributed by atoms with E-state index in [-0.39, 0.29) is 0 Å². The molecule has 0 fully saturated rings. The van der Waals surface area contributed by atoms with Crippen LogP contribution in [0.4, 0.5) is 5.13 Å². The normalized spacial score (nSPS) is 9.29. The first kappa shape index (κ1) is 4.59. The Morgan fingerprint density at radius 2 is 2.57 bits per heavy atom. The van der Waals surface area contributed by atoms with E-state index in [0.717, 1.165) is 5.69 Å². The summed E-state index contributed by atoms with van der Waals surface area (Å²) in [6.45, 7) is 1.88. The van der Waals surface area contributed by atoms with E-state index >= 15 is 0 Å². The fourth-order valence-electron chi connectivity index (χ4n) is 0.354. The van der Waals surface area contributed by atoms with Crippen LogP contribution in [0.25, 0.3) is 0 Å². The second kappa shape index (κ2) is 1.50. The highest BCUT2D eigenvalue weighted by molar-refractivity contribution is 7.13. The van der Waals surface area contributed by atoms with Crippen molar-refractivity contribution in [3.63, 3.8) is 0 Å². The third-order valence-electron chi connectivity index (χ3n) is 0.619. The van der Waals surface area contributed by atoms with Crippen molar-refractivity contribution in [1.29, 1.82) is 0 Å². The lowest BCUT2D eigenvalue weighted by atomic mass is 10.6. The summed E-state index contributed by atoms with van der Waals surface area (Å²) in [6, 6.07) is 0. The summed E-state index contributed by atoms with van der Waals surface area (Å²) in [4.78, 5) is 3.80. The van der Waals surface area contributed by atoms with E-state index in [9.17, 15) is 0 Å². The van der Waals surface area contributed by atoms with Gasteiger partial charge in [0.15, 0.2) is 0 Å². The Bertz CT molecular complexity index is 142. The molecule has 0 aromatic carbocycles. The molecule has 1 rings (SSSR count). The Kier molecular flexibility index (Phi) is 0.982. The van der Waals surface area contributed by atoms with Crippen LogP contribution in [0.1, 0.15) is 5.69 Å². The highest BCUT2D eigenvalue weighted by atomic mass is 32.1. The van der Waals surface area contributed by atoms with Gasteiger partial charge in [0.25, 0.3) is 0 Å². The van der Waals surface area contributed by atoms with Gasteiger partial charge in [-0.3, -0.25) is 5.73 Å². The Morgan fingerprint density at radius 1 is 1.86 bits per heavy atom. The molecule has 1 aromatic rings. The molecule has 37 valence electrons. The summed E-state index contributed by atoms with van der Waals surface area (Å²) < 4.78 is 0. The number of thiazole rings is 1. The van der Waals surface area contributed by atoms with Crippen molar-refractivity contribution in [1.82, 2.24) is 10.7 Å². The summed E-state index contributed by atoms with van der Waals surface area (Å²) in [6.07, 6.45) is 0. The molecule has 0 aliphatic rings. The van der Waals surface area contributed by atoms with E-state index in [1.165, 1.54) is 11.3 Å². The minimum atomic E-state index is 0.400. The third-order valence-corrected chi connectivity index (χ3v) is 1.39. The molecule has 1 heterocycles. The fourth-order valence-corrected chi connectivity index (χ4v) is 0.886. The van der Waals surface area contributed by atoms with E-state index in [1.54, 1.807) is 0 Å². The minimum absolute atomic E-state index is 0.400. The fraction of sp³-hybridized carbons (Fsp3) is 0.250. The topological polar surface area (TPSA) is 36.7 Å². The lowest BCUT2D eigenvalue weighted by Crippen LogP contribution is -1.66. The number of nitrogens with zero attached hydrogens (tertiary/aromatic N) is 1. The van der Waals surface area contributed by atoms with E-state index in [4.69, 9.17) is 5.73 Å². The van der Waals surface area contributed by atoms with Crippen LogP contribution in [0.3, 0.4) is 0 Å². The van der Waals surface area contributed by atoms with Gasteiger partial charge in [-0.1, -0.05) is 0 Å². The molecule has 3 heteroatoms. The second-order valence-electron chi connectivity index (χ2n) is 1.29. The van der Waals surface area contributed by atoms with Gasteiger partial charge >= 0.3 is 0 Å². The van der Waals surface area contributed by atoms with Crippen LogP contribution in [-0.2, 0) is 0 Å². The predicted molar refractivity (Wildman–Crippen MR) is 29.6 cm³/mol. The average molecular weight is 113 g/mol. The van der Waals surface area contributed by atoms with Crippen molar-refractivity contribution in [3.05, 3.63) is 11.1 Å². The first-order chi connectivity index (χ1) is 3.29. The van der Waals surface area contributed by atoms with Crippen molar-refractivity contribution in [2.24, 2.45) is 0 Å². The maximum atomic E-state index is 6.92. The molecule has 0 spiro atoms. The van der Waals surface area contributed by atoms with Gasteiger partial charge in [-0.2, -0.15) is 0 Å². The molecule has 1 radical (unpaired) electrons. The van der Waals surface area contributed by atoms with Gasteiger partial charge in [0, 0.05) is 5.38 Å². The van der Waals surface area contributed by atoms with Crippen LogP contribution < -0.4 is 5.73 Å². The Labute approximate surface area is 46.0 Å². The molecule has 0 saturated heterocycles. The molecule has 0 bridgehead atoms. The first-order valence-corrected chi connectivity index (χ1v) is 2.81. The molecule has 0 atom stereocenters. The zero-order valence-electron chi connectivity index (χ0n) is 3.93. The van der Waals surface area contributed by atoms with Crippen LogP contribution in [-0.4, -0.2) is 4.98 Å². The number of hydrogen-bond acceptors (Lipinski definition) is 2. The lowest BCUT2D eigenvalue weighted by molar-refractivity contribution is 1.23. The highest BCUT2D eigenvalue weighted by Gasteiger charge is 1.87. The maximum absolute atomic E-state index is 6.92. The predicted octanol–water partition coefficient (Wildman–Crippen LogP) is 1.37. The van der Waals surface area contributed by atoms with Crippen molar-refractivity contribution in [2.75, 3.05) is 0 Å². The van der Waals surface area contributed by atoms with Crippen LogP contribution in [0.2, 0.25) is 0 Å². The SMILES string of the molecule is Cc1csc([NH])n1. The molecule has 2 nitrogen and oxygen atoms in total. The molecule has 0 aliphatic carbocycles. The summed E-state index contributed by atoms with van der Waals surface area (Å²) in [5.74, 6) is 0. The second-order valence-corrected chi connectivity index (χ2v) is 2.15. The third kappa shape index (κ3) is 0.899. The number of rotatable bonds is 0. The van der Waals surface area contributed by atoms with E-state index in [0.29, 0.717) is 5.13 Å². The van der Waals surface area contributed by atoms with E-state index < -0.39 is 0 Å². The highest BCUT2D eigenvalue weighted by Crippen LogP contribution is 2.10. The summed E-state index contributed by atoms with van der Waals surface area (Å²) in [5, 5.41) is 2.26. The van der Waals surface area contributed by atoms with Gasteiger partial charge < -0.3 is 0 Å². The van der Waals surface area contributed by atoms with Gasteiger partial charge in [0.05, 0.1) is 5.69 Å². The van der Waals surface area contributed by atoms with Crippen molar-refractivity contribution in [2.45, 2.75) is 6.92 Å². The van der Waals surface area contributed by atoms with Crippen LogP contribution in [0, 0.1) is 6.92 Å². The van der Waals surface area contributed by atoms with Crippen molar-refractivity contribution < 1.29 is 0 Å². The maximum Gasteiger partial charge on any atom is 0.201 e. The number of nitrogens with one attached hydrogen (secondary N) is 1. The molecule has 7 heavy (non-hydrogen) atoms. The Hall–Kier alpha value is -0.570. The molecular weight excluding hydrogens is 108 g/mol. The molecule has 0 unspecified atom stereocenters. The van der Waals surface area contributed by atoms with Gasteiger partial charge in [-0.15, -0.1) is 11.3 Å². The van der Waals surface area contributed by atoms with E-state index in [1.807, 2.05) is 12.3 Å². The molecule has 1 N–H and O–H groups in total. The van der Waals surface area contributed by atoms with Crippen LogP contribution in [0.15, 0.2) is 5.38 Å². The van der Waals surface area contributed by atoms with Crippen molar-refractivity contribution >= 4 is 16.5 Å². The first-order valence-electron chi connectivity index (χ1n) is 1.93. The monoisotopic (exact) mass is 113 g/mol. The molecule has 1 aromatic heterocycles. The average Bonchev–Trinajstić information content (AvgIpc) is 1.87. The number of aromatic nitrogens is 1. The summed E-state index contributed by atoms with van der Waals surface area (Å²) in [7, 11) is 0. The molecule has 0 saturated carbocycles. The van der Waals surface area contributed by atoms with Crippen LogP contribution in [0.5, 0.6) is 0 Å². The largest absolute Gasteiger partial charge is 0.274 e. The zero-order chi connectivity index (χ0) is 5.28. The van der Waals surface area contributed by atoms with Crippen molar-refractivity contribution in [3.8, 4) is 0 Å². The molecule has 0 aliphatic heterocycles. The Morgan fingerprint density at radius 3 is 2.71 bits per heavy atom. The Balaban J connectivity index is 3.04. The standard InChI is InChI=1S/C4H5N2S/c1-3-2-7-4(5)6-3/h2,5H,1H3. The lowest BCUT2D eigenvalue weighted by Gasteiger charge is -1.70. The summed E-state index contributed by atoms with van der Waals surface area (Å²) >= 11 is 1.36. The summed E-state index contributed by atoms with van der Waals surface area (Å²) in [5.41, 5.74) is 7.86. The number of hydrogen-bond donors (Lipinski definition) is 0. The van der Waals surface area contributed by atoms with E-state index in [2.05, 4.69) is 4.98 Å². The smallest absolute Gasteiger partial charge is 0.201 e. The van der Waals surface area contributed by atoms with Gasteiger partial charge in [0.2, 0.25) is 5.13 Å². The van der Waals surface area contributed by atoms with Gasteiger partial charge in [-0.05, 0) is 6.92 Å². The molecule has 0 amide bonds. The quantitative estimate of drug-likeness (QED) is 0.500. The van der Waals surface area contributed by atoms with Crippen LogP contribution >= 0.6 is 11.3 Å². The zero-order valence-corrected chi connectivity index (χ0v) is 4.75. The number of aryl methyl sites for hydroxylation is 1. The molecular formula is C4H5N2S.